The molecule has 0 spiro atoms. The van der Waals surface area contributed by atoms with E-state index >= 15 is 0 Å². The van der Waals surface area contributed by atoms with Crippen LogP contribution in [-0.2, 0) is 0 Å². The van der Waals surface area contributed by atoms with Crippen LogP contribution in [0.3, 0.4) is 0 Å². The summed E-state index contributed by atoms with van der Waals surface area (Å²) in [5.41, 5.74) is 2.82. The Morgan fingerprint density at radius 1 is 0.962 bits per heavy atom. The first-order valence-electron chi connectivity index (χ1n) is 9.34. The summed E-state index contributed by atoms with van der Waals surface area (Å²) in [7, 11) is 0. The lowest BCUT2D eigenvalue weighted by atomic mass is 9.82. The van der Waals surface area contributed by atoms with Gasteiger partial charge in [-0.05, 0) is 74.3 Å². The molecule has 0 bridgehead atoms. The number of aryl methyl sites for hydroxylation is 1. The van der Waals surface area contributed by atoms with Crippen molar-refractivity contribution in [1.29, 1.82) is 0 Å². The number of carbonyl (C=O) groups is 1. The van der Waals surface area contributed by atoms with Crippen molar-refractivity contribution in [2.75, 3.05) is 0 Å². The largest absolute Gasteiger partial charge is 0.423 e. The molecule has 0 atom stereocenters. The lowest BCUT2D eigenvalue weighted by molar-refractivity contribution is 0.0734. The standard InChI is InChI=1S/C24H26O2/c1-3-19-6-8-20(9-7-19)10-11-21-12-14-22(15-13-21)24(25)26-23-16-4-18(2)5-17-23/h3-5,10-17,19-20H,1,6-9H2,2H3/b11-10+. The molecule has 0 amide bonds. The van der Waals surface area contributed by atoms with Crippen molar-refractivity contribution in [3.63, 3.8) is 0 Å². The molecule has 0 radical (unpaired) electrons. The fraction of sp³-hybridized carbons (Fsp3) is 0.292. The summed E-state index contributed by atoms with van der Waals surface area (Å²) in [6.45, 7) is 5.90. The third-order valence-corrected chi connectivity index (χ3v) is 5.09. The van der Waals surface area contributed by atoms with Crippen LogP contribution in [0.15, 0.2) is 67.3 Å². The number of benzene rings is 2. The molecular formula is C24H26O2. The quantitative estimate of drug-likeness (QED) is 0.365. The molecule has 1 aliphatic rings. The Morgan fingerprint density at radius 2 is 1.58 bits per heavy atom. The number of rotatable bonds is 5. The molecule has 2 aromatic rings. The topological polar surface area (TPSA) is 26.3 Å². The average Bonchev–Trinajstić information content (AvgIpc) is 2.69. The summed E-state index contributed by atoms with van der Waals surface area (Å²) in [5.74, 6) is 1.59. The maximum atomic E-state index is 12.2. The molecule has 3 rings (SSSR count). The number of carbonyl (C=O) groups excluding carboxylic acids is 1. The van der Waals surface area contributed by atoms with Gasteiger partial charge in [0.05, 0.1) is 5.56 Å². The van der Waals surface area contributed by atoms with E-state index in [0.29, 0.717) is 23.1 Å². The van der Waals surface area contributed by atoms with Crippen LogP contribution in [-0.4, -0.2) is 5.97 Å². The number of esters is 1. The fourth-order valence-electron chi connectivity index (χ4n) is 3.32. The van der Waals surface area contributed by atoms with Gasteiger partial charge in [-0.15, -0.1) is 6.58 Å². The fourth-order valence-corrected chi connectivity index (χ4v) is 3.32. The van der Waals surface area contributed by atoms with Crippen LogP contribution >= 0.6 is 0 Å². The Bertz CT molecular complexity index is 761. The highest BCUT2D eigenvalue weighted by Gasteiger charge is 2.16. The maximum absolute atomic E-state index is 12.2. The lowest BCUT2D eigenvalue weighted by Gasteiger charge is -2.24. The second kappa shape index (κ2) is 8.66. The summed E-state index contributed by atoms with van der Waals surface area (Å²) < 4.78 is 5.41. The number of hydrogen-bond acceptors (Lipinski definition) is 2. The smallest absolute Gasteiger partial charge is 0.343 e. The van der Waals surface area contributed by atoms with Gasteiger partial charge < -0.3 is 4.74 Å². The van der Waals surface area contributed by atoms with Gasteiger partial charge in [0.2, 0.25) is 0 Å². The molecule has 134 valence electrons. The van der Waals surface area contributed by atoms with Crippen LogP contribution in [0.2, 0.25) is 0 Å². The molecule has 26 heavy (non-hydrogen) atoms. The van der Waals surface area contributed by atoms with Crippen molar-refractivity contribution >= 4 is 12.0 Å². The normalized spacial score (nSPS) is 20.0. The summed E-state index contributed by atoms with van der Waals surface area (Å²) in [4.78, 5) is 12.2. The predicted octanol–water partition coefficient (Wildman–Crippen LogP) is 6.22. The SMILES string of the molecule is C=CC1CCC(/C=C/c2ccc(C(=O)Oc3ccc(C)cc3)cc2)CC1. The Hall–Kier alpha value is -2.61. The summed E-state index contributed by atoms with van der Waals surface area (Å²) in [6, 6.07) is 15.1. The second-order valence-electron chi connectivity index (χ2n) is 7.09. The third kappa shape index (κ3) is 4.95. The monoisotopic (exact) mass is 346 g/mol. The van der Waals surface area contributed by atoms with Crippen LogP contribution in [0.25, 0.3) is 6.08 Å². The van der Waals surface area contributed by atoms with Gasteiger partial charge in [-0.25, -0.2) is 4.79 Å². The molecule has 0 heterocycles. The van der Waals surface area contributed by atoms with Crippen molar-refractivity contribution in [2.45, 2.75) is 32.6 Å². The molecule has 2 nitrogen and oxygen atoms in total. The molecule has 2 heteroatoms. The van der Waals surface area contributed by atoms with Gasteiger partial charge in [-0.2, -0.15) is 0 Å². The van der Waals surface area contributed by atoms with E-state index in [1.54, 1.807) is 0 Å². The minimum atomic E-state index is -0.327. The van der Waals surface area contributed by atoms with Crippen LogP contribution in [0.5, 0.6) is 5.75 Å². The second-order valence-corrected chi connectivity index (χ2v) is 7.09. The van der Waals surface area contributed by atoms with Crippen molar-refractivity contribution in [2.24, 2.45) is 11.8 Å². The summed E-state index contributed by atoms with van der Waals surface area (Å²) in [5, 5.41) is 0. The van der Waals surface area contributed by atoms with Crippen molar-refractivity contribution in [3.8, 4) is 5.75 Å². The van der Waals surface area contributed by atoms with Crippen molar-refractivity contribution in [1.82, 2.24) is 0 Å². The van der Waals surface area contributed by atoms with E-state index in [0.717, 1.165) is 11.1 Å². The highest BCUT2D eigenvalue weighted by molar-refractivity contribution is 5.91. The first kappa shape index (κ1) is 18.2. The Balaban J connectivity index is 1.56. The van der Waals surface area contributed by atoms with Crippen molar-refractivity contribution in [3.05, 3.63) is 84.0 Å². The van der Waals surface area contributed by atoms with Gasteiger partial charge in [0.25, 0.3) is 0 Å². The Morgan fingerprint density at radius 3 is 2.19 bits per heavy atom. The van der Waals surface area contributed by atoms with Gasteiger partial charge in [-0.3, -0.25) is 0 Å². The van der Waals surface area contributed by atoms with E-state index in [1.165, 1.54) is 25.7 Å². The maximum Gasteiger partial charge on any atom is 0.343 e. The summed E-state index contributed by atoms with van der Waals surface area (Å²) in [6.07, 6.45) is 11.5. The minimum absolute atomic E-state index is 0.327. The first-order chi connectivity index (χ1) is 12.6. The van der Waals surface area contributed by atoms with E-state index < -0.39 is 0 Å². The first-order valence-corrected chi connectivity index (χ1v) is 9.34. The van der Waals surface area contributed by atoms with Gasteiger partial charge in [0.15, 0.2) is 0 Å². The van der Waals surface area contributed by atoms with E-state index in [-0.39, 0.29) is 5.97 Å². The van der Waals surface area contributed by atoms with Crippen molar-refractivity contribution < 1.29 is 9.53 Å². The minimum Gasteiger partial charge on any atom is -0.423 e. The lowest BCUT2D eigenvalue weighted by Crippen LogP contribution is -2.10. The van der Waals surface area contributed by atoms with Gasteiger partial charge in [0, 0.05) is 0 Å². The van der Waals surface area contributed by atoms with Crippen LogP contribution in [0, 0.1) is 18.8 Å². The number of allylic oxidation sites excluding steroid dienone is 2. The molecular weight excluding hydrogens is 320 g/mol. The molecule has 0 aromatic heterocycles. The van der Waals surface area contributed by atoms with Crippen LogP contribution < -0.4 is 4.74 Å². The Kier molecular flexibility index (Phi) is 6.06. The van der Waals surface area contributed by atoms with E-state index in [4.69, 9.17) is 4.74 Å². The molecule has 0 aliphatic heterocycles. The highest BCUT2D eigenvalue weighted by Crippen LogP contribution is 2.30. The Labute approximate surface area is 156 Å². The number of ether oxygens (including phenoxy) is 1. The van der Waals surface area contributed by atoms with E-state index in [9.17, 15) is 4.79 Å². The molecule has 0 N–H and O–H groups in total. The zero-order valence-electron chi connectivity index (χ0n) is 15.4. The van der Waals surface area contributed by atoms with E-state index in [2.05, 4.69) is 24.8 Å². The molecule has 1 saturated carbocycles. The molecule has 0 unspecified atom stereocenters. The summed E-state index contributed by atoms with van der Waals surface area (Å²) >= 11 is 0. The molecule has 1 aliphatic carbocycles. The molecule has 0 saturated heterocycles. The average molecular weight is 346 g/mol. The van der Waals surface area contributed by atoms with E-state index in [1.807, 2.05) is 55.5 Å². The van der Waals surface area contributed by atoms with Gasteiger partial charge >= 0.3 is 5.97 Å². The number of hydrogen-bond donors (Lipinski definition) is 0. The van der Waals surface area contributed by atoms with Gasteiger partial charge in [0.1, 0.15) is 5.75 Å². The molecule has 1 fully saturated rings. The van der Waals surface area contributed by atoms with Crippen LogP contribution in [0.4, 0.5) is 0 Å². The third-order valence-electron chi connectivity index (χ3n) is 5.09. The van der Waals surface area contributed by atoms with Crippen LogP contribution in [0.1, 0.15) is 47.2 Å². The molecule has 2 aromatic carbocycles. The predicted molar refractivity (Wildman–Crippen MR) is 107 cm³/mol. The zero-order valence-corrected chi connectivity index (χ0v) is 15.4. The highest BCUT2D eigenvalue weighted by atomic mass is 16.5. The van der Waals surface area contributed by atoms with Gasteiger partial charge in [-0.1, -0.05) is 48.1 Å². The zero-order chi connectivity index (χ0) is 18.4.